The second kappa shape index (κ2) is 7.18. The number of nitrogens with zero attached hydrogens (tertiary/aromatic N) is 2. The van der Waals surface area contributed by atoms with E-state index in [1.165, 1.54) is 32.0 Å². The van der Waals surface area contributed by atoms with Crippen LogP contribution in [0.4, 0.5) is 4.39 Å². The predicted octanol–water partition coefficient (Wildman–Crippen LogP) is 2.54. The first kappa shape index (κ1) is 18.2. The normalized spacial score (nSPS) is 11.6. The van der Waals surface area contributed by atoms with E-state index in [4.69, 9.17) is 4.74 Å². The zero-order chi connectivity index (χ0) is 18.7. The number of rotatable bonds is 5. The summed E-state index contributed by atoms with van der Waals surface area (Å²) in [5.41, 5.74) is -0.995. The van der Waals surface area contributed by atoms with Gasteiger partial charge in [0.1, 0.15) is 11.6 Å². The highest BCUT2D eigenvalue weighted by Crippen LogP contribution is 2.25. The molecule has 2 aromatic rings. The van der Waals surface area contributed by atoms with E-state index in [1.807, 2.05) is 0 Å². The molecule has 2 rings (SSSR count). The van der Waals surface area contributed by atoms with Gasteiger partial charge in [-0.05, 0) is 38.5 Å². The van der Waals surface area contributed by atoms with Crippen LogP contribution in [0.25, 0.3) is 0 Å². The lowest BCUT2D eigenvalue weighted by atomic mass is 9.99. The van der Waals surface area contributed by atoms with Gasteiger partial charge in [0.2, 0.25) is 11.7 Å². The summed E-state index contributed by atoms with van der Waals surface area (Å²) in [4.78, 5) is 24.9. The third-order valence-corrected chi connectivity index (χ3v) is 3.87. The van der Waals surface area contributed by atoms with Gasteiger partial charge in [0.15, 0.2) is 17.7 Å². The molecule has 0 aliphatic carbocycles. The second-order valence-corrected chi connectivity index (χ2v) is 5.41. The molecule has 0 saturated heterocycles. The molecule has 0 radical (unpaired) electrons. The first-order valence-electron chi connectivity index (χ1n) is 7.65. The maximum atomic E-state index is 13.7. The van der Waals surface area contributed by atoms with Crippen molar-refractivity contribution >= 4 is 5.78 Å². The lowest BCUT2D eigenvalue weighted by Crippen LogP contribution is -2.30. The minimum atomic E-state index is -1.13. The Hall–Kier alpha value is -3.14. The fourth-order valence-electron chi connectivity index (χ4n) is 2.53. The number of benzene rings is 1. The molecular weight excluding hydrogens is 327 g/mol. The Morgan fingerprint density at radius 1 is 1.44 bits per heavy atom. The lowest BCUT2D eigenvalue weighted by Gasteiger charge is -2.18. The molecule has 0 aliphatic heterocycles. The van der Waals surface area contributed by atoms with Crippen molar-refractivity contribution in [3.63, 3.8) is 0 Å². The number of carbonyl (C=O) groups is 1. The van der Waals surface area contributed by atoms with Crippen LogP contribution in [0.3, 0.4) is 0 Å². The predicted molar refractivity (Wildman–Crippen MR) is 88.3 cm³/mol. The van der Waals surface area contributed by atoms with Crippen LogP contribution >= 0.6 is 0 Å². The number of halogens is 1. The van der Waals surface area contributed by atoms with E-state index in [9.17, 15) is 24.3 Å². The van der Waals surface area contributed by atoms with Gasteiger partial charge in [0.05, 0.1) is 5.56 Å². The molecule has 1 N–H and O–H groups in total. The molecule has 7 heteroatoms. The van der Waals surface area contributed by atoms with E-state index in [0.717, 1.165) is 4.57 Å². The van der Waals surface area contributed by atoms with Crippen LogP contribution < -0.4 is 10.3 Å². The Morgan fingerprint density at radius 2 is 2.08 bits per heavy atom. The molecule has 0 bridgehead atoms. The molecule has 0 spiro atoms. The van der Waals surface area contributed by atoms with Crippen molar-refractivity contribution < 1.29 is 19.0 Å². The zero-order valence-electron chi connectivity index (χ0n) is 14.0. The number of pyridine rings is 1. The summed E-state index contributed by atoms with van der Waals surface area (Å²) in [5, 5.41) is 19.5. The minimum Gasteiger partial charge on any atom is -0.494 e. The smallest absolute Gasteiger partial charge is 0.271 e. The van der Waals surface area contributed by atoms with Gasteiger partial charge < -0.3 is 9.84 Å². The van der Waals surface area contributed by atoms with Gasteiger partial charge >= 0.3 is 0 Å². The standard InChI is InChI=1S/C18H17FN2O4/c1-4-21-17(23)12(9-20)10(2)15(18(21)24)16(22)11(3)25-14-8-6-5-7-13(14)19/h5-8,11,24H,4H2,1-3H3. The van der Waals surface area contributed by atoms with Gasteiger partial charge in [-0.2, -0.15) is 5.26 Å². The molecular formula is C18H17FN2O4. The fourth-order valence-corrected chi connectivity index (χ4v) is 2.53. The van der Waals surface area contributed by atoms with E-state index in [2.05, 4.69) is 0 Å². The Labute approximate surface area is 143 Å². The van der Waals surface area contributed by atoms with Gasteiger partial charge in [-0.25, -0.2) is 4.39 Å². The lowest BCUT2D eigenvalue weighted by molar-refractivity contribution is 0.0807. The van der Waals surface area contributed by atoms with Crippen LogP contribution in [0.15, 0.2) is 29.1 Å². The van der Waals surface area contributed by atoms with Crippen molar-refractivity contribution in [3.05, 3.63) is 57.1 Å². The van der Waals surface area contributed by atoms with Gasteiger partial charge in [0.25, 0.3) is 5.56 Å². The Bertz CT molecular complexity index is 928. The monoisotopic (exact) mass is 344 g/mol. The van der Waals surface area contributed by atoms with Crippen LogP contribution in [0.2, 0.25) is 0 Å². The van der Waals surface area contributed by atoms with Crippen LogP contribution in [0.5, 0.6) is 11.6 Å². The summed E-state index contributed by atoms with van der Waals surface area (Å²) in [6.07, 6.45) is -1.13. The number of aromatic nitrogens is 1. The Balaban J connectivity index is 2.51. The van der Waals surface area contributed by atoms with Crippen LogP contribution in [0, 0.1) is 24.1 Å². The molecule has 1 unspecified atom stereocenters. The average molecular weight is 344 g/mol. The summed E-state index contributed by atoms with van der Waals surface area (Å²) in [5.74, 6) is -1.92. The van der Waals surface area contributed by atoms with Gasteiger partial charge in [-0.15, -0.1) is 0 Å². The quantitative estimate of drug-likeness (QED) is 0.842. The first-order valence-corrected chi connectivity index (χ1v) is 7.65. The van der Waals surface area contributed by atoms with Crippen molar-refractivity contribution in [3.8, 4) is 17.7 Å². The number of hydrogen-bond acceptors (Lipinski definition) is 5. The van der Waals surface area contributed by atoms with Crippen molar-refractivity contribution in [1.82, 2.24) is 4.57 Å². The molecule has 0 saturated carbocycles. The van der Waals surface area contributed by atoms with Gasteiger partial charge in [-0.3, -0.25) is 14.2 Å². The third kappa shape index (κ3) is 3.24. The molecule has 1 heterocycles. The SMILES string of the molecule is CCn1c(O)c(C(=O)C(C)Oc2ccccc2F)c(C)c(C#N)c1=O. The summed E-state index contributed by atoms with van der Waals surface area (Å²) < 4.78 is 20.0. The highest BCUT2D eigenvalue weighted by molar-refractivity contribution is 6.03. The molecule has 0 fully saturated rings. The van der Waals surface area contributed by atoms with E-state index < -0.39 is 29.1 Å². The van der Waals surface area contributed by atoms with Gasteiger partial charge in [-0.1, -0.05) is 12.1 Å². The van der Waals surface area contributed by atoms with Crippen molar-refractivity contribution in [2.75, 3.05) is 0 Å². The topological polar surface area (TPSA) is 92.3 Å². The van der Waals surface area contributed by atoms with E-state index in [1.54, 1.807) is 19.1 Å². The maximum Gasteiger partial charge on any atom is 0.271 e. The Kier molecular flexibility index (Phi) is 5.22. The van der Waals surface area contributed by atoms with Crippen LogP contribution in [0.1, 0.15) is 35.3 Å². The molecule has 1 aromatic heterocycles. The summed E-state index contributed by atoms with van der Waals surface area (Å²) >= 11 is 0. The van der Waals surface area contributed by atoms with Crippen molar-refractivity contribution in [1.29, 1.82) is 5.26 Å². The molecule has 25 heavy (non-hydrogen) atoms. The summed E-state index contributed by atoms with van der Waals surface area (Å²) in [7, 11) is 0. The third-order valence-electron chi connectivity index (χ3n) is 3.87. The minimum absolute atomic E-state index is 0.0729. The molecule has 0 amide bonds. The van der Waals surface area contributed by atoms with E-state index in [0.29, 0.717) is 0 Å². The zero-order valence-corrected chi connectivity index (χ0v) is 14.0. The second-order valence-electron chi connectivity index (χ2n) is 5.41. The number of carbonyl (C=O) groups excluding carboxylic acids is 1. The van der Waals surface area contributed by atoms with Crippen molar-refractivity contribution in [2.24, 2.45) is 0 Å². The summed E-state index contributed by atoms with van der Waals surface area (Å²) in [6.45, 7) is 4.50. The first-order chi connectivity index (χ1) is 11.8. The number of Topliss-reactive ketones (excluding diaryl/α,β-unsaturated/α-hetero) is 1. The maximum absolute atomic E-state index is 13.7. The fraction of sp³-hybridized carbons (Fsp3) is 0.278. The number of ether oxygens (including phenoxy) is 1. The molecule has 1 atom stereocenters. The number of hydrogen-bond donors (Lipinski definition) is 1. The van der Waals surface area contributed by atoms with Crippen molar-refractivity contribution in [2.45, 2.75) is 33.4 Å². The number of para-hydroxylation sites is 1. The highest BCUT2D eigenvalue weighted by atomic mass is 19.1. The van der Waals surface area contributed by atoms with Crippen LogP contribution in [-0.4, -0.2) is 21.6 Å². The van der Waals surface area contributed by atoms with Crippen LogP contribution in [-0.2, 0) is 6.54 Å². The largest absolute Gasteiger partial charge is 0.494 e. The molecule has 0 aliphatic rings. The van der Waals surface area contributed by atoms with E-state index >= 15 is 0 Å². The van der Waals surface area contributed by atoms with E-state index in [-0.39, 0.29) is 29.0 Å². The Morgan fingerprint density at radius 3 is 2.64 bits per heavy atom. The number of ketones is 1. The number of aromatic hydroxyl groups is 1. The highest BCUT2D eigenvalue weighted by Gasteiger charge is 2.28. The van der Waals surface area contributed by atoms with Gasteiger partial charge in [0, 0.05) is 6.54 Å². The summed E-state index contributed by atoms with van der Waals surface area (Å²) in [6, 6.07) is 7.38. The molecule has 130 valence electrons. The average Bonchev–Trinajstić information content (AvgIpc) is 2.57. The number of nitriles is 1. The molecule has 6 nitrogen and oxygen atoms in total. The molecule has 1 aromatic carbocycles.